The van der Waals surface area contributed by atoms with Crippen LogP contribution in [-0.2, 0) is 0 Å². The van der Waals surface area contributed by atoms with Gasteiger partial charge < -0.3 is 15.0 Å². The van der Waals surface area contributed by atoms with Crippen molar-refractivity contribution in [3.8, 4) is 23.6 Å². The highest BCUT2D eigenvalue weighted by molar-refractivity contribution is 5.59. The molecule has 0 unspecified atom stereocenters. The quantitative estimate of drug-likeness (QED) is 0.727. The molecule has 132 valence electrons. The predicted molar refractivity (Wildman–Crippen MR) is 102 cm³/mol. The van der Waals surface area contributed by atoms with Crippen molar-refractivity contribution in [1.29, 1.82) is 10.5 Å². The molecule has 0 radical (unpaired) electrons. The molecular weight excluding hydrogens is 340 g/mol. The molecule has 0 bridgehead atoms. The van der Waals surface area contributed by atoms with Gasteiger partial charge in [0, 0.05) is 17.8 Å². The summed E-state index contributed by atoms with van der Waals surface area (Å²) in [6.45, 7) is 3.71. The van der Waals surface area contributed by atoms with Gasteiger partial charge in [0.15, 0.2) is 0 Å². The first-order valence-electron chi connectivity index (χ1n) is 8.19. The van der Waals surface area contributed by atoms with Gasteiger partial charge in [-0.25, -0.2) is 0 Å². The number of aryl methyl sites for hydroxylation is 2. The number of hydrogen-bond acceptors (Lipinski definition) is 5. The van der Waals surface area contributed by atoms with Crippen molar-refractivity contribution in [1.82, 2.24) is 4.98 Å². The summed E-state index contributed by atoms with van der Waals surface area (Å²) in [7, 11) is 0. The number of H-pyrrole nitrogens is 1. The van der Waals surface area contributed by atoms with Crippen LogP contribution in [0.2, 0.25) is 0 Å². The number of nitrogens with one attached hydrogen (secondary N) is 2. The van der Waals surface area contributed by atoms with Crippen LogP contribution < -0.4 is 15.6 Å². The Morgan fingerprint density at radius 3 is 2.15 bits per heavy atom. The van der Waals surface area contributed by atoms with Crippen LogP contribution in [0.4, 0.5) is 11.5 Å². The van der Waals surface area contributed by atoms with Crippen LogP contribution in [0.15, 0.2) is 53.3 Å². The molecule has 1 aromatic heterocycles. The van der Waals surface area contributed by atoms with Crippen molar-refractivity contribution in [2.75, 3.05) is 5.32 Å². The standard InChI is InChI=1S/C21H16N4O2/c1-13-7-16(12-23)8-14(2)21(13)27-18-9-19(25-20(26)10-18)24-17-5-3-15(11-22)4-6-17/h3-10H,1-2H3,(H2,24,25,26). The van der Waals surface area contributed by atoms with Gasteiger partial charge in [-0.3, -0.25) is 4.79 Å². The van der Waals surface area contributed by atoms with Crippen LogP contribution >= 0.6 is 0 Å². The monoisotopic (exact) mass is 356 g/mol. The first kappa shape index (κ1) is 17.8. The highest BCUT2D eigenvalue weighted by Gasteiger charge is 2.09. The Bertz CT molecular complexity index is 1110. The molecule has 0 aliphatic carbocycles. The summed E-state index contributed by atoms with van der Waals surface area (Å²) in [6.07, 6.45) is 0. The zero-order valence-corrected chi connectivity index (χ0v) is 14.8. The number of hydrogen-bond donors (Lipinski definition) is 2. The van der Waals surface area contributed by atoms with E-state index in [-0.39, 0.29) is 5.56 Å². The largest absolute Gasteiger partial charge is 0.456 e. The molecular formula is C21H16N4O2. The zero-order chi connectivity index (χ0) is 19.4. The van der Waals surface area contributed by atoms with Gasteiger partial charge in [0.05, 0.1) is 23.3 Å². The number of nitriles is 2. The van der Waals surface area contributed by atoms with Crippen molar-refractivity contribution in [3.63, 3.8) is 0 Å². The Morgan fingerprint density at radius 1 is 0.926 bits per heavy atom. The Hall–Kier alpha value is -4.03. The molecule has 3 aromatic rings. The number of anilines is 2. The number of aromatic amines is 1. The molecule has 2 N–H and O–H groups in total. The highest BCUT2D eigenvalue weighted by atomic mass is 16.5. The van der Waals surface area contributed by atoms with Crippen LogP contribution in [-0.4, -0.2) is 4.98 Å². The molecule has 2 aromatic carbocycles. The molecule has 6 heteroatoms. The van der Waals surface area contributed by atoms with Crippen molar-refractivity contribution in [2.45, 2.75) is 13.8 Å². The molecule has 27 heavy (non-hydrogen) atoms. The van der Waals surface area contributed by atoms with E-state index in [0.29, 0.717) is 28.4 Å². The number of benzene rings is 2. The summed E-state index contributed by atoms with van der Waals surface area (Å²) in [4.78, 5) is 14.7. The number of rotatable bonds is 4. The van der Waals surface area contributed by atoms with Crippen molar-refractivity contribution in [2.24, 2.45) is 0 Å². The van der Waals surface area contributed by atoms with Gasteiger partial charge in [-0.1, -0.05) is 0 Å². The van der Waals surface area contributed by atoms with E-state index < -0.39 is 0 Å². The van der Waals surface area contributed by atoms with Crippen LogP contribution in [0.5, 0.6) is 11.5 Å². The highest BCUT2D eigenvalue weighted by Crippen LogP contribution is 2.30. The average Bonchev–Trinajstić information content (AvgIpc) is 2.64. The van der Waals surface area contributed by atoms with Crippen LogP contribution in [0, 0.1) is 36.5 Å². The smallest absolute Gasteiger partial charge is 0.253 e. The van der Waals surface area contributed by atoms with Crippen molar-refractivity contribution >= 4 is 11.5 Å². The predicted octanol–water partition coefficient (Wildman–Crippen LogP) is 4.27. The van der Waals surface area contributed by atoms with E-state index in [0.717, 1.165) is 16.8 Å². The Kier molecular flexibility index (Phi) is 4.92. The van der Waals surface area contributed by atoms with Crippen LogP contribution in [0.3, 0.4) is 0 Å². The number of pyridine rings is 1. The molecule has 1 heterocycles. The fourth-order valence-corrected chi connectivity index (χ4v) is 2.72. The maximum atomic E-state index is 12.0. The maximum absolute atomic E-state index is 12.0. The molecule has 0 atom stereocenters. The Morgan fingerprint density at radius 2 is 1.56 bits per heavy atom. The lowest BCUT2D eigenvalue weighted by molar-refractivity contribution is 0.474. The number of nitrogens with zero attached hydrogens (tertiary/aromatic N) is 2. The molecule has 0 saturated carbocycles. The minimum Gasteiger partial charge on any atom is -0.456 e. The van der Waals surface area contributed by atoms with Gasteiger partial charge in [0.2, 0.25) is 0 Å². The van der Waals surface area contributed by atoms with Gasteiger partial charge in [-0.2, -0.15) is 10.5 Å². The molecule has 0 fully saturated rings. The summed E-state index contributed by atoms with van der Waals surface area (Å²) >= 11 is 0. The zero-order valence-electron chi connectivity index (χ0n) is 14.8. The summed E-state index contributed by atoms with van der Waals surface area (Å²) in [5, 5.41) is 21.0. The second-order valence-electron chi connectivity index (χ2n) is 6.06. The second kappa shape index (κ2) is 7.47. The van der Waals surface area contributed by atoms with Crippen molar-refractivity contribution < 1.29 is 4.74 Å². The molecule has 3 rings (SSSR count). The van der Waals surface area contributed by atoms with E-state index >= 15 is 0 Å². The Labute approximate surface area is 156 Å². The third-order valence-electron chi connectivity index (χ3n) is 3.92. The maximum Gasteiger partial charge on any atom is 0.253 e. The first-order chi connectivity index (χ1) is 13.0. The molecule has 0 saturated heterocycles. The summed E-state index contributed by atoms with van der Waals surface area (Å²) in [5.41, 5.74) is 3.16. The number of ether oxygens (including phenoxy) is 1. The van der Waals surface area contributed by atoms with Crippen LogP contribution in [0.25, 0.3) is 0 Å². The fourth-order valence-electron chi connectivity index (χ4n) is 2.72. The number of aromatic nitrogens is 1. The summed E-state index contributed by atoms with van der Waals surface area (Å²) in [5.74, 6) is 1.46. The van der Waals surface area contributed by atoms with Crippen LogP contribution in [0.1, 0.15) is 22.3 Å². The molecule has 0 amide bonds. The summed E-state index contributed by atoms with van der Waals surface area (Å²) < 4.78 is 5.92. The first-order valence-corrected chi connectivity index (χ1v) is 8.19. The lowest BCUT2D eigenvalue weighted by atomic mass is 10.1. The topological polar surface area (TPSA) is 102 Å². The molecule has 0 aliphatic heterocycles. The lowest BCUT2D eigenvalue weighted by Gasteiger charge is -2.13. The minimum absolute atomic E-state index is 0.312. The van der Waals surface area contributed by atoms with Gasteiger partial charge in [-0.15, -0.1) is 0 Å². The summed E-state index contributed by atoms with van der Waals surface area (Å²) in [6, 6.07) is 17.6. The van der Waals surface area contributed by atoms with E-state index in [4.69, 9.17) is 15.3 Å². The van der Waals surface area contributed by atoms with E-state index in [1.54, 1.807) is 42.5 Å². The van der Waals surface area contributed by atoms with Crippen molar-refractivity contribution in [3.05, 3.63) is 81.1 Å². The molecule has 0 aliphatic rings. The Balaban J connectivity index is 1.89. The third-order valence-corrected chi connectivity index (χ3v) is 3.92. The van der Waals surface area contributed by atoms with E-state index in [1.807, 2.05) is 13.8 Å². The second-order valence-corrected chi connectivity index (χ2v) is 6.06. The average molecular weight is 356 g/mol. The minimum atomic E-state index is -0.312. The lowest BCUT2D eigenvalue weighted by Crippen LogP contribution is -2.08. The van der Waals surface area contributed by atoms with Gasteiger partial charge >= 0.3 is 0 Å². The molecule has 6 nitrogen and oxygen atoms in total. The molecule has 0 spiro atoms. The normalized spacial score (nSPS) is 9.93. The van der Waals surface area contributed by atoms with Gasteiger partial charge in [0.25, 0.3) is 5.56 Å². The SMILES string of the molecule is Cc1cc(C#N)cc(C)c1Oc1cc(Nc2ccc(C#N)cc2)[nH]c(=O)c1. The van der Waals surface area contributed by atoms with Gasteiger partial charge in [0.1, 0.15) is 17.3 Å². The van der Waals surface area contributed by atoms with E-state index in [1.165, 1.54) is 6.07 Å². The third kappa shape index (κ3) is 4.15. The fraction of sp³-hybridized carbons (Fsp3) is 0.0952. The van der Waals surface area contributed by atoms with Gasteiger partial charge in [-0.05, 0) is 61.4 Å². The van der Waals surface area contributed by atoms with E-state index in [2.05, 4.69) is 22.4 Å². The van der Waals surface area contributed by atoms with E-state index in [9.17, 15) is 4.79 Å².